The summed E-state index contributed by atoms with van der Waals surface area (Å²) in [5, 5.41) is 12.0. The number of thiazole rings is 1. The number of imide groups is 1. The molecule has 9 nitrogen and oxygen atoms in total. The monoisotopic (exact) mass is 611 g/mol. The maximum Gasteiger partial charge on any atom is 0.305 e. The molecule has 3 aromatic carbocycles. The Balaban J connectivity index is 1.17. The van der Waals surface area contributed by atoms with Crippen LogP contribution in [0.4, 0.5) is 11.4 Å². The van der Waals surface area contributed by atoms with Crippen LogP contribution in [0, 0.1) is 39.7 Å². The summed E-state index contributed by atoms with van der Waals surface area (Å²) in [5.74, 6) is -0.844. The van der Waals surface area contributed by atoms with Gasteiger partial charge in [0.25, 0.3) is 5.69 Å². The SMILES string of the molecule is O=C1C2C(C(=O)N1c1ccc([N+](=O)[O-])cc1)[C@@H]1C[C@H]2C2Sc3[nH]c(=O)sc3C(c3ccccc3OCc3ccccc3)C21. The first-order valence-electron chi connectivity index (χ1n) is 14.2. The van der Waals surface area contributed by atoms with Gasteiger partial charge in [-0.15, -0.1) is 11.8 Å². The second kappa shape index (κ2) is 9.92. The van der Waals surface area contributed by atoms with Crippen molar-refractivity contribution in [3.63, 3.8) is 0 Å². The van der Waals surface area contributed by atoms with Gasteiger partial charge in [-0.05, 0) is 47.9 Å². The lowest BCUT2D eigenvalue weighted by Gasteiger charge is -2.43. The van der Waals surface area contributed by atoms with Crippen LogP contribution in [0.1, 0.15) is 28.3 Å². The fraction of sp³-hybridized carbons (Fsp3) is 0.281. The highest BCUT2D eigenvalue weighted by atomic mass is 32.2. The summed E-state index contributed by atoms with van der Waals surface area (Å²) in [6.45, 7) is 0.400. The molecule has 0 spiro atoms. The zero-order valence-corrected chi connectivity index (χ0v) is 24.3. The summed E-state index contributed by atoms with van der Waals surface area (Å²) < 4.78 is 6.39. The zero-order valence-electron chi connectivity index (χ0n) is 22.6. The zero-order chi connectivity index (χ0) is 29.4. The molecule has 2 saturated carbocycles. The third-order valence-corrected chi connectivity index (χ3v) is 12.1. The lowest BCUT2D eigenvalue weighted by Crippen LogP contribution is -2.42. The van der Waals surface area contributed by atoms with Crippen molar-refractivity contribution in [2.24, 2.45) is 29.6 Å². The fourth-order valence-corrected chi connectivity index (χ4v) is 10.8. The van der Waals surface area contributed by atoms with Gasteiger partial charge in [-0.25, -0.2) is 0 Å². The highest BCUT2D eigenvalue weighted by molar-refractivity contribution is 8.00. The number of carbonyl (C=O) groups is 2. The number of nitrogens with one attached hydrogen (secondary N) is 1. The number of fused-ring (bicyclic) bond motifs is 9. The van der Waals surface area contributed by atoms with Gasteiger partial charge in [-0.1, -0.05) is 59.9 Å². The minimum Gasteiger partial charge on any atom is -0.489 e. The normalized spacial score (nSPS) is 28.5. The second-order valence-corrected chi connectivity index (χ2v) is 13.8. The van der Waals surface area contributed by atoms with E-state index in [0.29, 0.717) is 12.3 Å². The molecular formula is C32H25N3O6S2. The summed E-state index contributed by atoms with van der Waals surface area (Å²) >= 11 is 2.85. The Kier molecular flexibility index (Phi) is 6.09. The largest absolute Gasteiger partial charge is 0.489 e. The van der Waals surface area contributed by atoms with E-state index in [1.165, 1.54) is 40.5 Å². The molecule has 1 saturated heterocycles. The Morgan fingerprint density at radius 2 is 1.60 bits per heavy atom. The molecule has 216 valence electrons. The summed E-state index contributed by atoms with van der Waals surface area (Å²) in [6, 6.07) is 23.5. The first-order valence-corrected chi connectivity index (χ1v) is 15.9. The maximum absolute atomic E-state index is 14.0. The van der Waals surface area contributed by atoms with Crippen molar-refractivity contribution >= 4 is 46.3 Å². The first kappa shape index (κ1) is 26.4. The van der Waals surface area contributed by atoms with E-state index in [1.54, 1.807) is 11.8 Å². The van der Waals surface area contributed by atoms with Crippen LogP contribution >= 0.6 is 23.1 Å². The number of nitro groups is 1. The summed E-state index contributed by atoms with van der Waals surface area (Å²) in [6.07, 6.45) is 0.770. The molecule has 4 aromatic rings. The van der Waals surface area contributed by atoms with Crippen molar-refractivity contribution in [1.29, 1.82) is 0 Å². The number of ether oxygens (including phenoxy) is 1. The van der Waals surface area contributed by atoms with E-state index in [-0.39, 0.29) is 51.3 Å². The van der Waals surface area contributed by atoms with Gasteiger partial charge in [0.05, 0.1) is 27.5 Å². The molecule has 2 aliphatic carbocycles. The Morgan fingerprint density at radius 1 is 0.907 bits per heavy atom. The number of nitrogens with zero attached hydrogens (tertiary/aromatic N) is 2. The molecule has 5 unspecified atom stereocenters. The molecule has 0 radical (unpaired) electrons. The van der Waals surface area contributed by atoms with Crippen LogP contribution in [0.5, 0.6) is 5.75 Å². The number of amides is 2. The van der Waals surface area contributed by atoms with E-state index in [4.69, 9.17) is 4.74 Å². The molecule has 1 aromatic heterocycles. The van der Waals surface area contributed by atoms with E-state index < -0.39 is 16.8 Å². The Morgan fingerprint density at radius 3 is 2.35 bits per heavy atom. The molecule has 4 aliphatic rings. The molecule has 7 atom stereocenters. The van der Waals surface area contributed by atoms with Crippen LogP contribution in [0.15, 0.2) is 88.7 Å². The molecule has 11 heteroatoms. The van der Waals surface area contributed by atoms with Gasteiger partial charge in [0.15, 0.2) is 0 Å². The average Bonchev–Trinajstić information content (AvgIpc) is 3.75. The van der Waals surface area contributed by atoms with Crippen molar-refractivity contribution < 1.29 is 19.2 Å². The molecule has 2 amide bonds. The molecule has 43 heavy (non-hydrogen) atoms. The predicted octanol–water partition coefficient (Wildman–Crippen LogP) is 5.60. The summed E-state index contributed by atoms with van der Waals surface area (Å²) in [5.41, 5.74) is 2.30. The van der Waals surface area contributed by atoms with Gasteiger partial charge in [0.2, 0.25) is 11.8 Å². The number of nitro benzene ring substituents is 1. The second-order valence-electron chi connectivity index (χ2n) is 11.6. The topological polar surface area (TPSA) is 123 Å². The molecule has 3 heterocycles. The number of carbonyl (C=O) groups excluding carboxylic acids is 2. The van der Waals surface area contributed by atoms with Crippen molar-refractivity contribution in [2.45, 2.75) is 29.2 Å². The highest BCUT2D eigenvalue weighted by Gasteiger charge is 2.69. The van der Waals surface area contributed by atoms with Crippen molar-refractivity contribution in [3.05, 3.63) is 115 Å². The van der Waals surface area contributed by atoms with E-state index in [2.05, 4.69) is 11.1 Å². The molecule has 1 N–H and O–H groups in total. The summed E-state index contributed by atoms with van der Waals surface area (Å²) in [7, 11) is 0. The Bertz CT molecular complexity index is 1840. The molecular weight excluding hydrogens is 587 g/mol. The van der Waals surface area contributed by atoms with Crippen LogP contribution in [-0.4, -0.2) is 27.0 Å². The lowest BCUT2D eigenvalue weighted by atomic mass is 9.68. The van der Waals surface area contributed by atoms with E-state index in [1.807, 2.05) is 48.5 Å². The molecule has 2 aliphatic heterocycles. The molecule has 3 fully saturated rings. The van der Waals surface area contributed by atoms with Gasteiger partial charge in [-0.2, -0.15) is 0 Å². The van der Waals surface area contributed by atoms with Crippen LogP contribution in [0.3, 0.4) is 0 Å². The van der Waals surface area contributed by atoms with Gasteiger partial charge in [0, 0.05) is 33.7 Å². The van der Waals surface area contributed by atoms with Crippen LogP contribution in [-0.2, 0) is 16.2 Å². The molecule has 8 rings (SSSR count). The Hall–Kier alpha value is -4.22. The van der Waals surface area contributed by atoms with E-state index >= 15 is 0 Å². The number of hydrogen-bond donors (Lipinski definition) is 1. The number of hydrogen-bond acceptors (Lipinski definition) is 8. The number of thioether (sulfide) groups is 1. The standard InChI is InChI=1S/C32H25N3O6S2/c36-30-25-20-14-21(26(25)31(37)34(30)17-10-12-18(13-11-17)35(39)40)27-24(20)23(28-29(42-27)33-32(38)43-28)19-8-4-5-9-22(19)41-15-16-6-2-1-3-7-16/h1-13,20-21,23-27H,14-15H2,(H,33,38)/t20-,21-,23?,24?,25?,26?,27?/m1/s1. The van der Waals surface area contributed by atoms with Gasteiger partial charge in [0.1, 0.15) is 12.4 Å². The third kappa shape index (κ3) is 4.01. The van der Waals surface area contributed by atoms with E-state index in [0.717, 1.165) is 33.2 Å². The summed E-state index contributed by atoms with van der Waals surface area (Å²) in [4.78, 5) is 56.3. The first-order chi connectivity index (χ1) is 20.9. The average molecular weight is 612 g/mol. The fourth-order valence-electron chi connectivity index (χ4n) is 7.95. The van der Waals surface area contributed by atoms with Crippen LogP contribution < -0.4 is 14.5 Å². The third-order valence-electron chi connectivity index (χ3n) is 9.53. The number of rotatable bonds is 6. The minimum atomic E-state index is -0.501. The van der Waals surface area contributed by atoms with Crippen molar-refractivity contribution in [1.82, 2.24) is 4.98 Å². The number of aromatic amines is 1. The van der Waals surface area contributed by atoms with Gasteiger partial charge >= 0.3 is 4.87 Å². The highest BCUT2D eigenvalue weighted by Crippen LogP contribution is 2.69. The van der Waals surface area contributed by atoms with E-state index in [9.17, 15) is 24.5 Å². The van der Waals surface area contributed by atoms with Gasteiger partial charge in [-0.3, -0.25) is 29.4 Å². The maximum atomic E-state index is 14.0. The number of anilines is 1. The number of H-pyrrole nitrogens is 1. The van der Waals surface area contributed by atoms with Crippen molar-refractivity contribution in [3.8, 4) is 5.75 Å². The quantitative estimate of drug-likeness (QED) is 0.171. The number of benzene rings is 3. The molecule has 2 bridgehead atoms. The van der Waals surface area contributed by atoms with Crippen LogP contribution in [0.2, 0.25) is 0 Å². The number of para-hydroxylation sites is 1. The van der Waals surface area contributed by atoms with Gasteiger partial charge < -0.3 is 9.72 Å². The predicted molar refractivity (Wildman–Crippen MR) is 161 cm³/mol. The number of aromatic nitrogens is 1. The number of non-ortho nitro benzene ring substituents is 1. The minimum absolute atomic E-state index is 0.0269. The van der Waals surface area contributed by atoms with Crippen molar-refractivity contribution in [2.75, 3.05) is 4.90 Å². The Labute approximate surface area is 254 Å². The van der Waals surface area contributed by atoms with Crippen LogP contribution in [0.25, 0.3) is 0 Å². The smallest absolute Gasteiger partial charge is 0.305 e. The lowest BCUT2D eigenvalue weighted by molar-refractivity contribution is -0.384.